The number of carboxylic acids is 1. The van der Waals surface area contributed by atoms with E-state index in [0.29, 0.717) is 12.8 Å². The lowest BCUT2D eigenvalue weighted by molar-refractivity contribution is -0.151. The molecule has 1 aromatic heterocycles. The van der Waals surface area contributed by atoms with Gasteiger partial charge in [-0.25, -0.2) is 0 Å². The molecular weight excluding hydrogens is 340 g/mol. The number of ether oxygens (including phenoxy) is 1. The van der Waals surface area contributed by atoms with Gasteiger partial charge >= 0.3 is 5.97 Å². The van der Waals surface area contributed by atoms with Crippen molar-refractivity contribution in [1.82, 2.24) is 0 Å². The summed E-state index contributed by atoms with van der Waals surface area (Å²) in [5.41, 5.74) is 0.0929. The van der Waals surface area contributed by atoms with E-state index in [1.807, 2.05) is 35.7 Å². The summed E-state index contributed by atoms with van der Waals surface area (Å²) >= 11 is 4.98. The van der Waals surface area contributed by atoms with Crippen molar-refractivity contribution in [2.24, 2.45) is 5.41 Å². The second-order valence-electron chi connectivity index (χ2n) is 5.07. The van der Waals surface area contributed by atoms with E-state index in [4.69, 9.17) is 4.74 Å². The third-order valence-electron chi connectivity index (χ3n) is 3.59. The van der Waals surface area contributed by atoms with E-state index in [1.54, 1.807) is 11.3 Å². The number of fused-ring (bicyclic) bond motifs is 1. The van der Waals surface area contributed by atoms with Gasteiger partial charge in [0.25, 0.3) is 0 Å². The van der Waals surface area contributed by atoms with E-state index < -0.39 is 11.4 Å². The molecule has 0 bridgehead atoms. The first-order valence-electron chi connectivity index (χ1n) is 6.26. The maximum absolute atomic E-state index is 11.8. The minimum absolute atomic E-state index is 0.217. The van der Waals surface area contributed by atoms with Gasteiger partial charge in [0, 0.05) is 21.2 Å². The Bertz CT molecular complexity index is 652. The molecule has 0 saturated carbocycles. The molecule has 1 unspecified atom stereocenters. The molecule has 2 aromatic rings. The molecule has 3 rings (SSSR count). The number of hydrogen-bond acceptors (Lipinski definition) is 3. The molecule has 2 heterocycles. The molecule has 20 heavy (non-hydrogen) atoms. The van der Waals surface area contributed by atoms with Crippen LogP contribution in [0.5, 0.6) is 5.75 Å². The number of carbonyl (C=O) groups is 1. The van der Waals surface area contributed by atoms with Crippen LogP contribution in [0.3, 0.4) is 0 Å². The number of aliphatic carboxylic acids is 1. The van der Waals surface area contributed by atoms with Crippen LogP contribution in [0.1, 0.15) is 10.4 Å². The number of carboxylic acid groups (broad SMARTS) is 1. The van der Waals surface area contributed by atoms with Gasteiger partial charge < -0.3 is 9.84 Å². The Kier molecular flexibility index (Phi) is 3.56. The molecule has 1 aromatic carbocycles. The molecule has 0 spiro atoms. The lowest BCUT2D eigenvalue weighted by Gasteiger charge is -2.34. The van der Waals surface area contributed by atoms with E-state index in [-0.39, 0.29) is 6.61 Å². The molecule has 1 aliphatic rings. The van der Waals surface area contributed by atoms with Crippen LogP contribution in [-0.4, -0.2) is 17.7 Å². The SMILES string of the molecule is O=C(O)C1(Cc2cc(Br)cs2)COc2ccccc2C1. The van der Waals surface area contributed by atoms with Crippen LogP contribution in [-0.2, 0) is 17.6 Å². The van der Waals surface area contributed by atoms with E-state index in [2.05, 4.69) is 15.9 Å². The summed E-state index contributed by atoms with van der Waals surface area (Å²) in [6.07, 6.45) is 1.00. The third-order valence-corrected chi connectivity index (χ3v) is 5.29. The zero-order chi connectivity index (χ0) is 14.2. The molecule has 0 fully saturated rings. The fourth-order valence-electron chi connectivity index (χ4n) is 2.53. The number of benzene rings is 1. The highest BCUT2D eigenvalue weighted by molar-refractivity contribution is 9.10. The second-order valence-corrected chi connectivity index (χ2v) is 6.98. The van der Waals surface area contributed by atoms with E-state index in [0.717, 1.165) is 20.7 Å². The maximum Gasteiger partial charge on any atom is 0.313 e. The second kappa shape index (κ2) is 5.22. The Morgan fingerprint density at radius 1 is 1.45 bits per heavy atom. The lowest BCUT2D eigenvalue weighted by Crippen LogP contribution is -2.43. The van der Waals surface area contributed by atoms with Crippen LogP contribution in [0.2, 0.25) is 0 Å². The summed E-state index contributed by atoms with van der Waals surface area (Å²) in [5, 5.41) is 11.7. The normalized spacial score (nSPS) is 21.1. The summed E-state index contributed by atoms with van der Waals surface area (Å²) < 4.78 is 6.69. The fraction of sp³-hybridized carbons (Fsp3) is 0.267. The molecule has 0 amide bonds. The Hall–Kier alpha value is -1.33. The minimum atomic E-state index is -0.876. The number of rotatable bonds is 3. The zero-order valence-electron chi connectivity index (χ0n) is 10.6. The van der Waals surface area contributed by atoms with Crippen molar-refractivity contribution in [3.63, 3.8) is 0 Å². The summed E-state index contributed by atoms with van der Waals surface area (Å²) in [6.45, 7) is 0.217. The van der Waals surface area contributed by atoms with Crippen molar-refractivity contribution in [3.8, 4) is 5.75 Å². The van der Waals surface area contributed by atoms with Crippen LogP contribution in [0.25, 0.3) is 0 Å². The van der Waals surface area contributed by atoms with Gasteiger partial charge in [0.05, 0.1) is 0 Å². The quantitative estimate of drug-likeness (QED) is 0.914. The zero-order valence-corrected chi connectivity index (χ0v) is 13.0. The molecular formula is C15H13BrO3S. The topological polar surface area (TPSA) is 46.5 Å². The minimum Gasteiger partial charge on any atom is -0.492 e. The largest absolute Gasteiger partial charge is 0.492 e. The van der Waals surface area contributed by atoms with E-state index in [9.17, 15) is 9.90 Å². The number of para-hydroxylation sites is 1. The molecule has 1 atom stereocenters. The van der Waals surface area contributed by atoms with Crippen LogP contribution >= 0.6 is 27.3 Å². The van der Waals surface area contributed by atoms with Gasteiger partial charge in [-0.3, -0.25) is 4.79 Å². The maximum atomic E-state index is 11.8. The summed E-state index contributed by atoms with van der Waals surface area (Å²) in [5.74, 6) is 0.00765. The van der Waals surface area contributed by atoms with Crippen LogP contribution in [0.4, 0.5) is 0 Å². The Morgan fingerprint density at radius 2 is 2.25 bits per heavy atom. The highest BCUT2D eigenvalue weighted by Crippen LogP contribution is 2.38. The van der Waals surface area contributed by atoms with Crippen molar-refractivity contribution in [2.45, 2.75) is 12.8 Å². The monoisotopic (exact) mass is 352 g/mol. The van der Waals surface area contributed by atoms with Crippen molar-refractivity contribution in [3.05, 3.63) is 50.6 Å². The third kappa shape index (κ3) is 2.47. The van der Waals surface area contributed by atoms with Gasteiger partial charge in [-0.2, -0.15) is 0 Å². The molecule has 0 aliphatic carbocycles. The van der Waals surface area contributed by atoms with Crippen LogP contribution in [0, 0.1) is 5.41 Å². The molecule has 3 nitrogen and oxygen atoms in total. The van der Waals surface area contributed by atoms with Crippen LogP contribution < -0.4 is 4.74 Å². The van der Waals surface area contributed by atoms with Gasteiger partial charge in [-0.15, -0.1) is 11.3 Å². The first-order chi connectivity index (χ1) is 9.59. The number of thiophene rings is 1. The predicted octanol–water partition coefficient (Wildman–Crippen LogP) is 3.76. The van der Waals surface area contributed by atoms with Gasteiger partial charge in [-0.05, 0) is 40.0 Å². The van der Waals surface area contributed by atoms with Gasteiger partial charge in [-0.1, -0.05) is 18.2 Å². The highest BCUT2D eigenvalue weighted by Gasteiger charge is 2.43. The predicted molar refractivity (Wildman–Crippen MR) is 81.4 cm³/mol. The summed E-state index contributed by atoms with van der Waals surface area (Å²) in [7, 11) is 0. The van der Waals surface area contributed by atoms with Crippen molar-refractivity contribution >= 4 is 33.2 Å². The first-order valence-corrected chi connectivity index (χ1v) is 7.93. The average molecular weight is 353 g/mol. The average Bonchev–Trinajstić information content (AvgIpc) is 2.83. The van der Waals surface area contributed by atoms with Gasteiger partial charge in [0.2, 0.25) is 0 Å². The van der Waals surface area contributed by atoms with Gasteiger partial charge in [0.1, 0.15) is 17.8 Å². The lowest BCUT2D eigenvalue weighted by atomic mass is 9.77. The number of halogens is 1. The highest BCUT2D eigenvalue weighted by atomic mass is 79.9. The first kappa shape index (κ1) is 13.6. The molecule has 0 saturated heterocycles. The molecule has 104 valence electrons. The van der Waals surface area contributed by atoms with Crippen LogP contribution in [0.15, 0.2) is 40.2 Å². The number of hydrogen-bond donors (Lipinski definition) is 1. The summed E-state index contributed by atoms with van der Waals surface area (Å²) in [4.78, 5) is 12.9. The summed E-state index contributed by atoms with van der Waals surface area (Å²) in [6, 6.07) is 9.64. The molecule has 1 N–H and O–H groups in total. The van der Waals surface area contributed by atoms with E-state index in [1.165, 1.54) is 0 Å². The van der Waals surface area contributed by atoms with Crippen molar-refractivity contribution < 1.29 is 14.6 Å². The van der Waals surface area contributed by atoms with E-state index >= 15 is 0 Å². The van der Waals surface area contributed by atoms with Crippen molar-refractivity contribution in [2.75, 3.05) is 6.61 Å². The van der Waals surface area contributed by atoms with Crippen molar-refractivity contribution in [1.29, 1.82) is 0 Å². The Balaban J connectivity index is 1.92. The smallest absolute Gasteiger partial charge is 0.313 e. The molecule has 0 radical (unpaired) electrons. The Labute approximate surface area is 129 Å². The fourth-order valence-corrected chi connectivity index (χ4v) is 4.12. The molecule has 1 aliphatic heterocycles. The Morgan fingerprint density at radius 3 is 2.95 bits per heavy atom. The van der Waals surface area contributed by atoms with Gasteiger partial charge in [0.15, 0.2) is 0 Å². The standard InChI is InChI=1S/C15H13BrO3S/c16-11-5-12(20-8-11)7-15(14(17)18)6-10-3-1-2-4-13(10)19-9-15/h1-5,8H,6-7,9H2,(H,17,18). The molecule has 5 heteroatoms.